The van der Waals surface area contributed by atoms with Crippen molar-refractivity contribution in [2.24, 2.45) is 10.7 Å². The molecule has 192 valence electrons. The number of guanidine groups is 1. The van der Waals surface area contributed by atoms with Crippen molar-refractivity contribution in [3.63, 3.8) is 0 Å². The van der Waals surface area contributed by atoms with Crippen LogP contribution in [0.3, 0.4) is 0 Å². The van der Waals surface area contributed by atoms with E-state index in [0.717, 1.165) is 16.0 Å². The van der Waals surface area contributed by atoms with Crippen LogP contribution in [0.25, 0.3) is 0 Å². The van der Waals surface area contributed by atoms with Crippen LogP contribution in [0.2, 0.25) is 0 Å². The molecule has 1 heterocycles. The lowest BCUT2D eigenvalue weighted by Gasteiger charge is -2.15. The minimum absolute atomic E-state index is 0.0271. The molecule has 0 radical (unpaired) electrons. The van der Waals surface area contributed by atoms with Crippen LogP contribution in [-0.4, -0.2) is 27.9 Å². The summed E-state index contributed by atoms with van der Waals surface area (Å²) in [6, 6.07) is 27.7. The van der Waals surface area contributed by atoms with Crippen LogP contribution in [0.5, 0.6) is 0 Å². The maximum atomic E-state index is 12.9. The average molecular weight is 526 g/mol. The maximum Gasteiger partial charge on any atom is 0.304 e. The van der Waals surface area contributed by atoms with E-state index in [0.29, 0.717) is 23.5 Å². The van der Waals surface area contributed by atoms with E-state index in [1.165, 1.54) is 11.8 Å². The minimum atomic E-state index is -0.879. The van der Waals surface area contributed by atoms with Crippen molar-refractivity contribution < 1.29 is 14.7 Å². The molecule has 0 aliphatic carbocycles. The predicted molar refractivity (Wildman–Crippen MR) is 151 cm³/mol. The molecule has 8 nitrogen and oxygen atoms in total. The summed E-state index contributed by atoms with van der Waals surface area (Å²) in [6.07, 6.45) is 3.31. The SMILES string of the molecule is NC(=NCc1ccccc1)Nc1cccc(C(=O)Nc2ccc(SC(CC(=O)O)c3cccnc3)cc2)c1. The second-order valence-electron chi connectivity index (χ2n) is 8.36. The van der Waals surface area contributed by atoms with Gasteiger partial charge >= 0.3 is 5.97 Å². The lowest BCUT2D eigenvalue weighted by molar-refractivity contribution is -0.137. The Morgan fingerprint density at radius 1 is 0.921 bits per heavy atom. The largest absolute Gasteiger partial charge is 0.481 e. The summed E-state index contributed by atoms with van der Waals surface area (Å²) in [7, 11) is 0. The van der Waals surface area contributed by atoms with E-state index < -0.39 is 5.97 Å². The summed E-state index contributed by atoms with van der Waals surface area (Å²) in [5.74, 6) is -0.892. The van der Waals surface area contributed by atoms with Crippen LogP contribution in [0, 0.1) is 0 Å². The highest BCUT2D eigenvalue weighted by Crippen LogP contribution is 2.37. The van der Waals surface area contributed by atoms with Crippen molar-refractivity contribution in [3.8, 4) is 0 Å². The first-order valence-corrected chi connectivity index (χ1v) is 12.7. The maximum absolute atomic E-state index is 12.9. The summed E-state index contributed by atoms with van der Waals surface area (Å²) in [5, 5.41) is 15.0. The molecule has 0 saturated carbocycles. The molecule has 4 rings (SSSR count). The van der Waals surface area contributed by atoms with Crippen LogP contribution in [-0.2, 0) is 11.3 Å². The normalized spacial score (nSPS) is 11.9. The molecule has 0 aliphatic heterocycles. The lowest BCUT2D eigenvalue weighted by atomic mass is 10.1. The van der Waals surface area contributed by atoms with Gasteiger partial charge in [-0.1, -0.05) is 42.5 Å². The fourth-order valence-corrected chi connectivity index (χ4v) is 4.75. The third kappa shape index (κ3) is 7.94. The Bertz CT molecular complexity index is 1400. The Hall–Kier alpha value is -4.63. The first-order valence-electron chi connectivity index (χ1n) is 11.9. The Morgan fingerprint density at radius 3 is 2.42 bits per heavy atom. The minimum Gasteiger partial charge on any atom is -0.481 e. The standard InChI is InChI=1S/C29H27N5O3S/c30-29(32-18-20-6-2-1-3-7-20)34-24-10-4-8-21(16-24)28(37)33-23-11-13-25(14-12-23)38-26(17-27(35)36)22-9-5-15-31-19-22/h1-16,19,26H,17-18H2,(H,33,37)(H,35,36)(H3,30,32,34). The monoisotopic (exact) mass is 525 g/mol. The van der Waals surface area contributed by atoms with E-state index in [1.54, 1.807) is 48.8 Å². The Labute approximate surface area is 225 Å². The second-order valence-corrected chi connectivity index (χ2v) is 9.64. The number of carbonyl (C=O) groups excluding carboxylic acids is 1. The number of nitrogens with two attached hydrogens (primary N) is 1. The number of carboxylic acid groups (broad SMARTS) is 1. The molecule has 38 heavy (non-hydrogen) atoms. The van der Waals surface area contributed by atoms with Crippen molar-refractivity contribution in [3.05, 3.63) is 120 Å². The average Bonchev–Trinajstić information content (AvgIpc) is 2.93. The summed E-state index contributed by atoms with van der Waals surface area (Å²) in [6.45, 7) is 0.452. The third-order valence-corrected chi connectivity index (χ3v) is 6.75. The van der Waals surface area contributed by atoms with Crippen LogP contribution >= 0.6 is 11.8 Å². The molecule has 0 saturated heterocycles. The van der Waals surface area contributed by atoms with Gasteiger partial charge in [0.1, 0.15) is 0 Å². The summed E-state index contributed by atoms with van der Waals surface area (Å²) < 4.78 is 0. The number of amides is 1. The van der Waals surface area contributed by atoms with E-state index in [1.807, 2.05) is 54.6 Å². The molecule has 0 spiro atoms. The van der Waals surface area contributed by atoms with Gasteiger partial charge in [0, 0.05) is 39.5 Å². The lowest BCUT2D eigenvalue weighted by Crippen LogP contribution is -2.23. The first-order chi connectivity index (χ1) is 18.5. The van der Waals surface area contributed by atoms with E-state index >= 15 is 0 Å². The molecule has 4 aromatic rings. The quantitative estimate of drug-likeness (QED) is 0.121. The topological polar surface area (TPSA) is 130 Å². The number of anilines is 2. The highest BCUT2D eigenvalue weighted by Gasteiger charge is 2.17. The molecular weight excluding hydrogens is 498 g/mol. The Kier molecular flexibility index (Phi) is 9.09. The number of carboxylic acids is 1. The third-order valence-electron chi connectivity index (χ3n) is 5.48. The van der Waals surface area contributed by atoms with E-state index in [9.17, 15) is 14.7 Å². The number of nitrogens with zero attached hydrogens (tertiary/aromatic N) is 2. The van der Waals surface area contributed by atoms with Crippen molar-refractivity contribution in [2.45, 2.75) is 23.1 Å². The molecule has 5 N–H and O–H groups in total. The van der Waals surface area contributed by atoms with Crippen molar-refractivity contribution in [2.75, 3.05) is 10.6 Å². The van der Waals surface area contributed by atoms with Gasteiger partial charge < -0.3 is 21.5 Å². The molecule has 0 aliphatic rings. The molecule has 1 amide bonds. The zero-order valence-corrected chi connectivity index (χ0v) is 21.3. The Balaban J connectivity index is 1.36. The number of aliphatic imine (C=N–C) groups is 1. The number of benzene rings is 3. The highest BCUT2D eigenvalue weighted by molar-refractivity contribution is 7.99. The number of aliphatic carboxylic acids is 1. The molecule has 1 atom stereocenters. The fourth-order valence-electron chi connectivity index (χ4n) is 3.62. The van der Waals surface area contributed by atoms with Crippen LogP contribution in [0.15, 0.2) is 113 Å². The number of rotatable bonds is 10. The van der Waals surface area contributed by atoms with Gasteiger partial charge in [-0.15, -0.1) is 11.8 Å². The summed E-state index contributed by atoms with van der Waals surface area (Å²) >= 11 is 1.44. The van der Waals surface area contributed by atoms with Crippen molar-refractivity contribution in [1.82, 2.24) is 4.98 Å². The van der Waals surface area contributed by atoms with Gasteiger partial charge in [0.2, 0.25) is 0 Å². The molecule has 0 fully saturated rings. The number of nitrogens with one attached hydrogen (secondary N) is 2. The van der Waals surface area contributed by atoms with Crippen LogP contribution < -0.4 is 16.4 Å². The Morgan fingerprint density at radius 2 is 1.71 bits per heavy atom. The van der Waals surface area contributed by atoms with Gasteiger partial charge in [-0.05, 0) is 59.7 Å². The number of aromatic nitrogens is 1. The van der Waals surface area contributed by atoms with Gasteiger partial charge in [-0.3, -0.25) is 14.6 Å². The van der Waals surface area contributed by atoms with E-state index in [-0.39, 0.29) is 23.5 Å². The summed E-state index contributed by atoms with van der Waals surface area (Å²) in [5.41, 5.74) is 9.64. The van der Waals surface area contributed by atoms with Crippen molar-refractivity contribution in [1.29, 1.82) is 0 Å². The highest BCUT2D eigenvalue weighted by atomic mass is 32.2. The number of pyridine rings is 1. The van der Waals surface area contributed by atoms with Crippen LogP contribution in [0.1, 0.15) is 33.2 Å². The van der Waals surface area contributed by atoms with E-state index in [2.05, 4.69) is 20.6 Å². The number of hydrogen-bond donors (Lipinski definition) is 4. The molecular formula is C29H27N5O3S. The number of thioether (sulfide) groups is 1. The number of hydrogen-bond acceptors (Lipinski definition) is 5. The zero-order chi connectivity index (χ0) is 26.7. The number of carbonyl (C=O) groups is 2. The molecule has 1 unspecified atom stereocenters. The molecule has 9 heteroatoms. The fraction of sp³-hybridized carbons (Fsp3) is 0.103. The van der Waals surface area contributed by atoms with Gasteiger partial charge in [-0.25, -0.2) is 4.99 Å². The second kappa shape index (κ2) is 13.1. The van der Waals surface area contributed by atoms with Gasteiger partial charge in [0.15, 0.2) is 5.96 Å². The predicted octanol–water partition coefficient (Wildman–Crippen LogP) is 5.57. The first kappa shape index (κ1) is 26.4. The van der Waals surface area contributed by atoms with E-state index in [4.69, 9.17) is 5.73 Å². The summed E-state index contributed by atoms with van der Waals surface area (Å²) in [4.78, 5) is 33.5. The smallest absolute Gasteiger partial charge is 0.304 e. The van der Waals surface area contributed by atoms with Gasteiger partial charge in [0.05, 0.1) is 13.0 Å². The molecule has 1 aromatic heterocycles. The van der Waals surface area contributed by atoms with Crippen molar-refractivity contribution >= 4 is 41.0 Å². The van der Waals surface area contributed by atoms with Gasteiger partial charge in [0.25, 0.3) is 5.91 Å². The van der Waals surface area contributed by atoms with Crippen LogP contribution in [0.4, 0.5) is 11.4 Å². The van der Waals surface area contributed by atoms with Gasteiger partial charge in [-0.2, -0.15) is 0 Å². The molecule has 3 aromatic carbocycles. The zero-order valence-electron chi connectivity index (χ0n) is 20.5. The molecule has 0 bridgehead atoms.